The summed E-state index contributed by atoms with van der Waals surface area (Å²) in [4.78, 5) is 42.2. The fourth-order valence-corrected chi connectivity index (χ4v) is 4.19. The average Bonchev–Trinajstić information content (AvgIpc) is 2.75. The Hall–Kier alpha value is -2.57. The number of aryl methyl sites for hydroxylation is 2. The zero-order valence-corrected chi connectivity index (χ0v) is 24.9. The van der Waals surface area contributed by atoms with E-state index in [0.717, 1.165) is 42.4 Å². The number of hydrogen-bond donors (Lipinski definition) is 2. The number of carbonyl (C=O) groups is 3. The van der Waals surface area contributed by atoms with Crippen LogP contribution >= 0.6 is 0 Å². The van der Waals surface area contributed by atoms with Crippen LogP contribution in [-0.4, -0.2) is 47.0 Å². The Morgan fingerprint density at radius 2 is 1.59 bits per heavy atom. The number of hydrogen-bond acceptors (Lipinski definition) is 4. The van der Waals surface area contributed by atoms with Crippen molar-refractivity contribution in [1.82, 2.24) is 15.5 Å². The summed E-state index contributed by atoms with van der Waals surface area (Å²) < 4.78 is 5.47. The number of alkyl carbamates (subject to hydrolysis) is 1. The van der Waals surface area contributed by atoms with Crippen LogP contribution in [-0.2, 0) is 14.3 Å². The second-order valence-electron chi connectivity index (χ2n) is 11.8. The van der Waals surface area contributed by atoms with Crippen LogP contribution in [0.1, 0.15) is 110 Å². The number of rotatable bonds is 13. The Kier molecular flexibility index (Phi) is 13.2. The van der Waals surface area contributed by atoms with Crippen molar-refractivity contribution in [1.29, 1.82) is 0 Å². The zero-order valence-electron chi connectivity index (χ0n) is 24.9. The van der Waals surface area contributed by atoms with Crippen molar-refractivity contribution in [3.05, 3.63) is 34.9 Å². The van der Waals surface area contributed by atoms with Crippen LogP contribution in [0.2, 0.25) is 0 Å². The number of benzene rings is 1. The molecule has 0 saturated heterocycles. The van der Waals surface area contributed by atoms with Crippen molar-refractivity contribution in [3.63, 3.8) is 0 Å². The normalized spacial score (nSPS) is 13.3. The largest absolute Gasteiger partial charge is 0.444 e. The molecule has 0 spiro atoms. The highest BCUT2D eigenvalue weighted by molar-refractivity contribution is 5.92. The molecule has 7 heteroatoms. The van der Waals surface area contributed by atoms with Crippen molar-refractivity contribution >= 4 is 17.9 Å². The van der Waals surface area contributed by atoms with Gasteiger partial charge in [-0.2, -0.15) is 0 Å². The molecule has 2 N–H and O–H groups in total. The van der Waals surface area contributed by atoms with E-state index in [-0.39, 0.29) is 23.8 Å². The lowest BCUT2D eigenvalue weighted by atomic mass is 9.96. The van der Waals surface area contributed by atoms with Gasteiger partial charge in [-0.3, -0.25) is 9.59 Å². The molecule has 0 heterocycles. The zero-order chi connectivity index (χ0) is 28.3. The molecule has 0 saturated carbocycles. The first-order chi connectivity index (χ1) is 17.2. The minimum atomic E-state index is -0.804. The number of amides is 3. The summed E-state index contributed by atoms with van der Waals surface area (Å²) in [6.07, 6.45) is 3.66. The van der Waals surface area contributed by atoms with E-state index in [1.807, 2.05) is 59.7 Å². The number of nitrogens with zero attached hydrogens (tertiary/aromatic N) is 1. The van der Waals surface area contributed by atoms with Crippen LogP contribution in [0.15, 0.2) is 18.2 Å². The third kappa shape index (κ3) is 11.6. The van der Waals surface area contributed by atoms with Gasteiger partial charge in [0.15, 0.2) is 0 Å². The maximum atomic E-state index is 14.2. The highest BCUT2D eigenvalue weighted by atomic mass is 16.6. The summed E-state index contributed by atoms with van der Waals surface area (Å²) in [6.45, 7) is 19.8. The summed E-state index contributed by atoms with van der Waals surface area (Å²) >= 11 is 0. The molecule has 0 fully saturated rings. The summed E-state index contributed by atoms with van der Waals surface area (Å²) in [5.41, 5.74) is 2.26. The number of unbranched alkanes of at least 4 members (excludes halogenated alkanes) is 3. The quantitative estimate of drug-likeness (QED) is 0.304. The molecule has 0 aliphatic rings. The van der Waals surface area contributed by atoms with Gasteiger partial charge >= 0.3 is 6.09 Å². The van der Waals surface area contributed by atoms with E-state index < -0.39 is 23.8 Å². The lowest BCUT2D eigenvalue weighted by Gasteiger charge is -2.35. The second-order valence-corrected chi connectivity index (χ2v) is 11.8. The van der Waals surface area contributed by atoms with Gasteiger partial charge in [0.25, 0.3) is 0 Å². The molecule has 0 aliphatic carbocycles. The van der Waals surface area contributed by atoms with E-state index in [4.69, 9.17) is 4.74 Å². The van der Waals surface area contributed by atoms with E-state index >= 15 is 0 Å². The number of carbonyl (C=O) groups excluding carboxylic acids is 3. The van der Waals surface area contributed by atoms with Crippen molar-refractivity contribution in [3.8, 4) is 0 Å². The van der Waals surface area contributed by atoms with Crippen LogP contribution in [0.5, 0.6) is 0 Å². The molecule has 1 aromatic rings. The van der Waals surface area contributed by atoms with E-state index in [2.05, 4.69) is 17.6 Å². The summed E-state index contributed by atoms with van der Waals surface area (Å²) in [5.74, 6) is -0.337. The molecular formula is C30H51N3O4. The maximum Gasteiger partial charge on any atom is 0.408 e. The van der Waals surface area contributed by atoms with Crippen molar-refractivity contribution < 1.29 is 19.1 Å². The van der Waals surface area contributed by atoms with Gasteiger partial charge in [-0.25, -0.2) is 4.79 Å². The molecule has 0 aliphatic heterocycles. The molecule has 2 unspecified atom stereocenters. The van der Waals surface area contributed by atoms with Crippen molar-refractivity contribution in [2.24, 2.45) is 5.92 Å². The molecule has 1 aromatic carbocycles. The highest BCUT2D eigenvalue weighted by Gasteiger charge is 2.36. The Balaban J connectivity index is 3.52. The molecule has 210 valence electrons. The van der Waals surface area contributed by atoms with Gasteiger partial charge in [0, 0.05) is 12.6 Å². The maximum absolute atomic E-state index is 14.2. The molecule has 1 rings (SSSR count). The minimum Gasteiger partial charge on any atom is -0.444 e. The Morgan fingerprint density at radius 3 is 2.11 bits per heavy atom. The van der Waals surface area contributed by atoms with Gasteiger partial charge in [0.05, 0.1) is 0 Å². The van der Waals surface area contributed by atoms with E-state index in [9.17, 15) is 14.4 Å². The van der Waals surface area contributed by atoms with Crippen LogP contribution in [0, 0.1) is 19.8 Å². The van der Waals surface area contributed by atoms with Gasteiger partial charge in [-0.05, 0) is 83.9 Å². The summed E-state index contributed by atoms with van der Waals surface area (Å²) in [7, 11) is 0. The fraction of sp³-hybridized carbons (Fsp3) is 0.700. The fourth-order valence-electron chi connectivity index (χ4n) is 4.19. The lowest BCUT2D eigenvalue weighted by molar-refractivity contribution is -0.143. The molecule has 3 amide bonds. The third-order valence-electron chi connectivity index (χ3n) is 6.07. The predicted molar refractivity (Wildman–Crippen MR) is 150 cm³/mol. The Bertz CT molecular complexity index is 889. The van der Waals surface area contributed by atoms with Gasteiger partial charge in [-0.1, -0.05) is 58.2 Å². The topological polar surface area (TPSA) is 87.7 Å². The summed E-state index contributed by atoms with van der Waals surface area (Å²) in [5, 5.41) is 5.83. The first-order valence-electron chi connectivity index (χ1n) is 13.8. The monoisotopic (exact) mass is 517 g/mol. The standard InChI is InChI=1S/C30H51N3O4/c1-11-12-13-14-17-33(28(35)25(18-20(2)3)32-29(36)37-30(8,9)10)26(27(34)31-21(4)5)24-16-15-22(6)23(7)19-24/h15-16,19-21,25-26H,11-14,17-18H2,1-10H3,(H,31,34)(H,32,36). The third-order valence-corrected chi connectivity index (χ3v) is 6.07. The SMILES string of the molecule is CCCCCCN(C(=O)C(CC(C)C)NC(=O)OC(C)(C)C)C(C(=O)NC(C)C)c1ccc(C)c(C)c1. The van der Waals surface area contributed by atoms with E-state index in [1.54, 1.807) is 25.7 Å². The molecule has 2 atom stereocenters. The smallest absolute Gasteiger partial charge is 0.408 e. The molecule has 0 bridgehead atoms. The minimum absolute atomic E-state index is 0.0788. The Morgan fingerprint density at radius 1 is 0.946 bits per heavy atom. The van der Waals surface area contributed by atoms with Crippen LogP contribution in [0.3, 0.4) is 0 Å². The molecular weight excluding hydrogens is 466 g/mol. The summed E-state index contributed by atoms with van der Waals surface area (Å²) in [6, 6.07) is 4.23. The molecule has 37 heavy (non-hydrogen) atoms. The van der Waals surface area contributed by atoms with Crippen LogP contribution in [0.25, 0.3) is 0 Å². The predicted octanol–water partition coefficient (Wildman–Crippen LogP) is 6.22. The van der Waals surface area contributed by atoms with Crippen molar-refractivity contribution in [2.45, 2.75) is 125 Å². The van der Waals surface area contributed by atoms with Crippen LogP contribution < -0.4 is 10.6 Å². The first kappa shape index (κ1) is 32.5. The number of ether oxygens (including phenoxy) is 1. The lowest BCUT2D eigenvalue weighted by Crippen LogP contribution is -2.54. The van der Waals surface area contributed by atoms with Gasteiger partial charge in [0.1, 0.15) is 17.7 Å². The molecule has 7 nitrogen and oxygen atoms in total. The molecule has 0 radical (unpaired) electrons. The average molecular weight is 518 g/mol. The second kappa shape index (κ2) is 15.0. The Labute approximate surface area is 225 Å². The highest BCUT2D eigenvalue weighted by Crippen LogP contribution is 2.26. The number of nitrogens with one attached hydrogen (secondary N) is 2. The van der Waals surface area contributed by atoms with Gasteiger partial charge < -0.3 is 20.3 Å². The van der Waals surface area contributed by atoms with E-state index in [0.29, 0.717) is 13.0 Å². The van der Waals surface area contributed by atoms with Gasteiger partial charge in [0.2, 0.25) is 11.8 Å². The van der Waals surface area contributed by atoms with E-state index in [1.165, 1.54) is 0 Å². The molecule has 0 aromatic heterocycles. The first-order valence-corrected chi connectivity index (χ1v) is 13.8. The van der Waals surface area contributed by atoms with Crippen LogP contribution in [0.4, 0.5) is 4.79 Å². The van der Waals surface area contributed by atoms with Crippen molar-refractivity contribution in [2.75, 3.05) is 6.54 Å². The van der Waals surface area contributed by atoms with Gasteiger partial charge in [-0.15, -0.1) is 0 Å².